The smallest absolute Gasteiger partial charge is 0.335 e. The van der Waals surface area contributed by atoms with Crippen LogP contribution in [0.4, 0.5) is 0 Å². The summed E-state index contributed by atoms with van der Waals surface area (Å²) in [4.78, 5) is 17.0. The van der Waals surface area contributed by atoms with Crippen molar-refractivity contribution in [3.63, 3.8) is 0 Å². The van der Waals surface area contributed by atoms with Gasteiger partial charge in [-0.3, -0.25) is 0 Å². The highest BCUT2D eigenvalue weighted by molar-refractivity contribution is 5.87. The summed E-state index contributed by atoms with van der Waals surface area (Å²) >= 11 is 0. The van der Waals surface area contributed by atoms with Crippen molar-refractivity contribution in [3.05, 3.63) is 71.9 Å². The van der Waals surface area contributed by atoms with E-state index in [9.17, 15) is 4.79 Å². The Morgan fingerprint density at radius 2 is 1.88 bits per heavy atom. The molecule has 1 aliphatic heterocycles. The predicted octanol–water partition coefficient (Wildman–Crippen LogP) is 3.78. The number of aryl methyl sites for hydroxylation is 1. The maximum absolute atomic E-state index is 12.7. The number of aromatic nitrogens is 1. The number of benzene rings is 2. The van der Waals surface area contributed by atoms with Crippen LogP contribution in [0, 0.1) is 0 Å². The van der Waals surface area contributed by atoms with Crippen molar-refractivity contribution in [3.8, 4) is 0 Å². The van der Waals surface area contributed by atoms with Crippen LogP contribution in [0.25, 0.3) is 10.9 Å². The Morgan fingerprint density at radius 3 is 2.65 bits per heavy atom. The number of hydrogen-bond acceptors (Lipinski definition) is 4. The normalized spacial score (nSPS) is 19.2. The summed E-state index contributed by atoms with van der Waals surface area (Å²) in [6, 6.07) is 19.1. The van der Waals surface area contributed by atoms with E-state index >= 15 is 0 Å². The third-order valence-electron chi connectivity index (χ3n) is 4.65. The predicted molar refractivity (Wildman–Crippen MR) is 99.9 cm³/mol. The number of para-hydroxylation sites is 1. The lowest BCUT2D eigenvalue weighted by molar-refractivity contribution is -0.148. The maximum Gasteiger partial charge on any atom is 0.335 e. The minimum absolute atomic E-state index is 0.229. The van der Waals surface area contributed by atoms with E-state index in [4.69, 9.17) is 9.47 Å². The minimum Gasteiger partial charge on any atom is -0.469 e. The first-order chi connectivity index (χ1) is 12.6. The minimum atomic E-state index is -0.693. The highest BCUT2D eigenvalue weighted by Gasteiger charge is 2.39. The molecule has 0 amide bonds. The SMILES string of the molecule is CC1=NC(C(=O)OCc2ccccc2)C(c2cc3ccccc3n2C)O1. The van der Waals surface area contributed by atoms with Crippen LogP contribution < -0.4 is 0 Å². The summed E-state index contributed by atoms with van der Waals surface area (Å²) in [6.07, 6.45) is -0.476. The summed E-state index contributed by atoms with van der Waals surface area (Å²) in [5.74, 6) is 0.128. The number of ether oxygens (including phenoxy) is 2. The summed E-state index contributed by atoms with van der Waals surface area (Å²) in [6.45, 7) is 1.99. The van der Waals surface area contributed by atoms with E-state index in [1.165, 1.54) is 0 Å². The van der Waals surface area contributed by atoms with Crippen molar-refractivity contribution >= 4 is 22.8 Å². The van der Waals surface area contributed by atoms with Gasteiger partial charge >= 0.3 is 5.97 Å². The molecule has 2 aromatic carbocycles. The fourth-order valence-electron chi connectivity index (χ4n) is 3.34. The first kappa shape index (κ1) is 16.4. The third kappa shape index (κ3) is 2.96. The second-order valence-corrected chi connectivity index (χ2v) is 6.41. The van der Waals surface area contributed by atoms with Crippen molar-refractivity contribution in [1.29, 1.82) is 0 Å². The van der Waals surface area contributed by atoms with Gasteiger partial charge in [0.2, 0.25) is 0 Å². The van der Waals surface area contributed by atoms with Crippen molar-refractivity contribution in [1.82, 2.24) is 4.57 Å². The molecule has 0 saturated carbocycles. The molecule has 0 aliphatic carbocycles. The van der Waals surface area contributed by atoms with Crippen molar-refractivity contribution in [2.24, 2.45) is 12.0 Å². The topological polar surface area (TPSA) is 52.8 Å². The summed E-state index contributed by atoms with van der Waals surface area (Å²) < 4.78 is 13.4. The number of hydrogen-bond donors (Lipinski definition) is 0. The highest BCUT2D eigenvalue weighted by atomic mass is 16.5. The van der Waals surface area contributed by atoms with Gasteiger partial charge in [-0.25, -0.2) is 9.79 Å². The van der Waals surface area contributed by atoms with Gasteiger partial charge in [-0.1, -0.05) is 48.5 Å². The molecule has 5 heteroatoms. The van der Waals surface area contributed by atoms with E-state index in [2.05, 4.69) is 4.99 Å². The van der Waals surface area contributed by atoms with Crippen molar-refractivity contribution in [2.75, 3.05) is 0 Å². The first-order valence-corrected chi connectivity index (χ1v) is 8.59. The molecule has 26 heavy (non-hydrogen) atoms. The molecular formula is C21H20N2O3. The largest absolute Gasteiger partial charge is 0.469 e. The molecule has 2 heterocycles. The molecule has 0 spiro atoms. The second kappa shape index (κ2) is 6.67. The van der Waals surface area contributed by atoms with Crippen LogP contribution in [0.2, 0.25) is 0 Å². The van der Waals surface area contributed by atoms with E-state index in [0.29, 0.717) is 5.90 Å². The number of carbonyl (C=O) groups excluding carboxylic acids is 1. The molecule has 0 fully saturated rings. The number of rotatable bonds is 4. The quantitative estimate of drug-likeness (QED) is 0.674. The zero-order chi connectivity index (χ0) is 18.1. The summed E-state index contributed by atoms with van der Waals surface area (Å²) in [5.41, 5.74) is 2.95. The lowest BCUT2D eigenvalue weighted by Gasteiger charge is -2.18. The van der Waals surface area contributed by atoms with Gasteiger partial charge < -0.3 is 14.0 Å². The fraction of sp³-hybridized carbons (Fsp3) is 0.238. The van der Waals surface area contributed by atoms with Crippen LogP contribution >= 0.6 is 0 Å². The van der Waals surface area contributed by atoms with Gasteiger partial charge in [0.15, 0.2) is 18.0 Å². The average Bonchev–Trinajstić information content (AvgIpc) is 3.21. The zero-order valence-corrected chi connectivity index (χ0v) is 14.8. The third-order valence-corrected chi connectivity index (χ3v) is 4.65. The molecule has 0 N–H and O–H groups in total. The standard InChI is InChI=1S/C21H20N2O3/c1-14-22-19(21(24)25-13-15-8-4-3-5-9-15)20(26-14)18-12-16-10-6-7-11-17(16)23(18)2/h3-12,19-20H,13H2,1-2H3. The van der Waals surface area contributed by atoms with Gasteiger partial charge in [0.25, 0.3) is 0 Å². The lowest BCUT2D eigenvalue weighted by Crippen LogP contribution is -2.27. The van der Waals surface area contributed by atoms with Gasteiger partial charge in [0.05, 0.1) is 5.69 Å². The molecule has 2 unspecified atom stereocenters. The van der Waals surface area contributed by atoms with Gasteiger partial charge in [-0.2, -0.15) is 0 Å². The van der Waals surface area contributed by atoms with Crippen molar-refractivity contribution in [2.45, 2.75) is 25.7 Å². The molecule has 5 nitrogen and oxygen atoms in total. The summed E-state index contributed by atoms with van der Waals surface area (Å²) in [5, 5.41) is 1.11. The van der Waals surface area contributed by atoms with Gasteiger partial charge in [0.1, 0.15) is 6.61 Å². The molecule has 0 radical (unpaired) electrons. The Morgan fingerprint density at radius 1 is 1.15 bits per heavy atom. The molecule has 2 atom stereocenters. The maximum atomic E-state index is 12.7. The van der Waals surface area contributed by atoms with Crippen LogP contribution in [0.15, 0.2) is 65.7 Å². The molecule has 1 aromatic heterocycles. The Balaban J connectivity index is 1.57. The van der Waals surface area contributed by atoms with Gasteiger partial charge in [0, 0.05) is 19.5 Å². The number of fused-ring (bicyclic) bond motifs is 1. The van der Waals surface area contributed by atoms with E-state index in [1.54, 1.807) is 6.92 Å². The number of nitrogens with zero attached hydrogens (tertiary/aromatic N) is 2. The van der Waals surface area contributed by atoms with E-state index in [0.717, 1.165) is 22.2 Å². The second-order valence-electron chi connectivity index (χ2n) is 6.41. The molecule has 0 saturated heterocycles. The molecule has 0 bridgehead atoms. The van der Waals surface area contributed by atoms with Crippen molar-refractivity contribution < 1.29 is 14.3 Å². The summed E-state index contributed by atoms with van der Waals surface area (Å²) in [7, 11) is 1.97. The Bertz CT molecular complexity index is 975. The van der Waals surface area contributed by atoms with E-state index < -0.39 is 12.1 Å². The monoisotopic (exact) mass is 348 g/mol. The highest BCUT2D eigenvalue weighted by Crippen LogP contribution is 2.33. The Labute approximate surface area is 151 Å². The molecular weight excluding hydrogens is 328 g/mol. The van der Waals surface area contributed by atoms with Crippen LogP contribution in [-0.4, -0.2) is 22.5 Å². The average molecular weight is 348 g/mol. The number of carbonyl (C=O) groups is 1. The van der Waals surface area contributed by atoms with E-state index in [1.807, 2.05) is 72.3 Å². The Hall–Kier alpha value is -3.08. The van der Waals surface area contributed by atoms with Gasteiger partial charge in [-0.05, 0) is 23.1 Å². The fourth-order valence-corrected chi connectivity index (χ4v) is 3.34. The van der Waals surface area contributed by atoms with E-state index in [-0.39, 0.29) is 12.6 Å². The van der Waals surface area contributed by atoms with Crippen LogP contribution in [0.1, 0.15) is 24.3 Å². The first-order valence-electron chi connectivity index (χ1n) is 8.59. The van der Waals surface area contributed by atoms with Crippen LogP contribution in [-0.2, 0) is 27.9 Å². The molecule has 132 valence electrons. The Kier molecular flexibility index (Phi) is 4.21. The van der Waals surface area contributed by atoms with Gasteiger partial charge in [-0.15, -0.1) is 0 Å². The lowest BCUT2D eigenvalue weighted by atomic mass is 10.1. The van der Waals surface area contributed by atoms with Crippen LogP contribution in [0.5, 0.6) is 0 Å². The van der Waals surface area contributed by atoms with Crippen LogP contribution in [0.3, 0.4) is 0 Å². The number of aliphatic imine (C=N–C) groups is 1. The number of esters is 1. The zero-order valence-electron chi connectivity index (χ0n) is 14.8. The molecule has 3 aromatic rings. The molecule has 4 rings (SSSR count). The molecule has 1 aliphatic rings.